The zero-order valence-electron chi connectivity index (χ0n) is 11.9. The van der Waals surface area contributed by atoms with Crippen LogP contribution >= 0.6 is 0 Å². The van der Waals surface area contributed by atoms with Crippen molar-refractivity contribution in [2.75, 3.05) is 33.4 Å². The lowest BCUT2D eigenvalue weighted by Gasteiger charge is -2.08. The molecule has 110 valence electrons. The van der Waals surface area contributed by atoms with Crippen molar-refractivity contribution in [3.8, 4) is 11.5 Å². The zero-order valence-corrected chi connectivity index (χ0v) is 11.9. The van der Waals surface area contributed by atoms with Gasteiger partial charge in [-0.25, -0.2) is 0 Å². The van der Waals surface area contributed by atoms with Gasteiger partial charge < -0.3 is 20.1 Å². The standard InChI is InChI=1S/C15H22N2O3/c1-3-9-16-10-8-15(18)17-11-12-20-14-6-4-13(19-2)5-7-14/h3-7,16H,1,8-12H2,2H3,(H,17,18). The predicted octanol–water partition coefficient (Wildman–Crippen LogP) is 1.36. The van der Waals surface area contributed by atoms with Crippen molar-refractivity contribution >= 4 is 5.91 Å². The molecule has 0 saturated carbocycles. The second-order valence-electron chi connectivity index (χ2n) is 4.12. The minimum atomic E-state index is 0.0138. The van der Waals surface area contributed by atoms with Crippen LogP contribution in [0.4, 0.5) is 0 Å². The molecule has 20 heavy (non-hydrogen) atoms. The Morgan fingerprint density at radius 3 is 2.60 bits per heavy atom. The van der Waals surface area contributed by atoms with Crippen LogP contribution in [-0.4, -0.2) is 39.3 Å². The highest BCUT2D eigenvalue weighted by molar-refractivity contribution is 5.76. The van der Waals surface area contributed by atoms with E-state index < -0.39 is 0 Å². The van der Waals surface area contributed by atoms with Gasteiger partial charge in [0.2, 0.25) is 5.91 Å². The van der Waals surface area contributed by atoms with Gasteiger partial charge in [0.15, 0.2) is 0 Å². The smallest absolute Gasteiger partial charge is 0.221 e. The van der Waals surface area contributed by atoms with Crippen LogP contribution in [0.15, 0.2) is 36.9 Å². The van der Waals surface area contributed by atoms with E-state index in [1.807, 2.05) is 24.3 Å². The number of hydrogen-bond donors (Lipinski definition) is 2. The molecule has 0 heterocycles. The quantitative estimate of drug-likeness (QED) is 0.501. The van der Waals surface area contributed by atoms with Gasteiger partial charge in [-0.3, -0.25) is 4.79 Å². The third-order valence-electron chi connectivity index (χ3n) is 2.57. The van der Waals surface area contributed by atoms with Gasteiger partial charge in [-0.2, -0.15) is 0 Å². The third kappa shape index (κ3) is 6.80. The molecule has 0 bridgehead atoms. The average molecular weight is 278 g/mol. The summed E-state index contributed by atoms with van der Waals surface area (Å²) in [5.74, 6) is 1.56. The van der Waals surface area contributed by atoms with Crippen molar-refractivity contribution in [1.29, 1.82) is 0 Å². The number of amides is 1. The highest BCUT2D eigenvalue weighted by Crippen LogP contribution is 2.16. The van der Waals surface area contributed by atoms with Gasteiger partial charge in [-0.15, -0.1) is 6.58 Å². The van der Waals surface area contributed by atoms with Gasteiger partial charge in [0.05, 0.1) is 13.7 Å². The lowest BCUT2D eigenvalue weighted by atomic mass is 10.3. The summed E-state index contributed by atoms with van der Waals surface area (Å²) in [6, 6.07) is 7.33. The zero-order chi connectivity index (χ0) is 14.6. The molecule has 1 aromatic carbocycles. The van der Waals surface area contributed by atoms with E-state index in [-0.39, 0.29) is 5.91 Å². The summed E-state index contributed by atoms with van der Waals surface area (Å²) in [6.07, 6.45) is 2.22. The second-order valence-corrected chi connectivity index (χ2v) is 4.12. The van der Waals surface area contributed by atoms with Crippen LogP contribution < -0.4 is 20.1 Å². The molecule has 1 rings (SSSR count). The van der Waals surface area contributed by atoms with E-state index in [9.17, 15) is 4.79 Å². The molecule has 0 spiro atoms. The minimum absolute atomic E-state index is 0.0138. The molecular formula is C15H22N2O3. The van der Waals surface area contributed by atoms with E-state index in [0.29, 0.717) is 32.7 Å². The number of methoxy groups -OCH3 is 1. The second kappa shape index (κ2) is 9.86. The van der Waals surface area contributed by atoms with E-state index in [0.717, 1.165) is 11.5 Å². The molecular weight excluding hydrogens is 256 g/mol. The minimum Gasteiger partial charge on any atom is -0.497 e. The van der Waals surface area contributed by atoms with Crippen LogP contribution in [0, 0.1) is 0 Å². The Balaban J connectivity index is 2.08. The maximum atomic E-state index is 11.5. The Hall–Kier alpha value is -2.01. The normalized spacial score (nSPS) is 9.85. The van der Waals surface area contributed by atoms with Gasteiger partial charge in [-0.1, -0.05) is 6.08 Å². The fraction of sp³-hybridized carbons (Fsp3) is 0.400. The van der Waals surface area contributed by atoms with Crippen LogP contribution in [0.1, 0.15) is 6.42 Å². The molecule has 0 unspecified atom stereocenters. The van der Waals surface area contributed by atoms with Crippen molar-refractivity contribution in [3.05, 3.63) is 36.9 Å². The molecule has 0 saturated heterocycles. The van der Waals surface area contributed by atoms with E-state index in [1.165, 1.54) is 0 Å². The summed E-state index contributed by atoms with van der Waals surface area (Å²) in [4.78, 5) is 11.5. The fourth-order valence-corrected chi connectivity index (χ4v) is 1.53. The van der Waals surface area contributed by atoms with Crippen LogP contribution in [0.2, 0.25) is 0 Å². The number of ether oxygens (including phenoxy) is 2. The molecule has 5 nitrogen and oxygen atoms in total. The molecule has 0 aliphatic rings. The van der Waals surface area contributed by atoms with Crippen LogP contribution in [0.5, 0.6) is 11.5 Å². The fourth-order valence-electron chi connectivity index (χ4n) is 1.53. The van der Waals surface area contributed by atoms with Crippen molar-refractivity contribution < 1.29 is 14.3 Å². The van der Waals surface area contributed by atoms with Gasteiger partial charge in [0.1, 0.15) is 18.1 Å². The topological polar surface area (TPSA) is 59.6 Å². The summed E-state index contributed by atoms with van der Waals surface area (Å²) in [7, 11) is 1.62. The van der Waals surface area contributed by atoms with E-state index in [2.05, 4.69) is 17.2 Å². The maximum absolute atomic E-state index is 11.5. The summed E-state index contributed by atoms with van der Waals surface area (Å²) >= 11 is 0. The highest BCUT2D eigenvalue weighted by atomic mass is 16.5. The lowest BCUT2D eigenvalue weighted by Crippen LogP contribution is -2.30. The SMILES string of the molecule is C=CCNCCC(=O)NCCOc1ccc(OC)cc1. The molecule has 0 aliphatic carbocycles. The first-order valence-electron chi connectivity index (χ1n) is 6.61. The molecule has 2 N–H and O–H groups in total. The average Bonchev–Trinajstić information content (AvgIpc) is 2.49. The number of carbonyl (C=O) groups excluding carboxylic acids is 1. The Bertz CT molecular complexity index is 404. The predicted molar refractivity (Wildman–Crippen MR) is 79.2 cm³/mol. The van der Waals surface area contributed by atoms with Gasteiger partial charge in [0.25, 0.3) is 0 Å². The van der Waals surface area contributed by atoms with Gasteiger partial charge in [0, 0.05) is 19.5 Å². The first-order valence-corrected chi connectivity index (χ1v) is 6.61. The number of nitrogens with one attached hydrogen (secondary N) is 2. The van der Waals surface area contributed by atoms with E-state index in [4.69, 9.17) is 9.47 Å². The Morgan fingerprint density at radius 1 is 1.25 bits per heavy atom. The summed E-state index contributed by atoms with van der Waals surface area (Å²) in [5.41, 5.74) is 0. The molecule has 0 atom stereocenters. The molecule has 0 aromatic heterocycles. The van der Waals surface area contributed by atoms with Crippen molar-refractivity contribution in [1.82, 2.24) is 10.6 Å². The van der Waals surface area contributed by atoms with Crippen molar-refractivity contribution in [2.24, 2.45) is 0 Å². The van der Waals surface area contributed by atoms with Crippen molar-refractivity contribution in [3.63, 3.8) is 0 Å². The summed E-state index contributed by atoms with van der Waals surface area (Å²) in [6.45, 7) is 5.89. The number of benzene rings is 1. The molecule has 0 aliphatic heterocycles. The Morgan fingerprint density at radius 2 is 1.95 bits per heavy atom. The van der Waals surface area contributed by atoms with Crippen LogP contribution in [-0.2, 0) is 4.79 Å². The Labute approximate surface area is 120 Å². The summed E-state index contributed by atoms with van der Waals surface area (Å²) in [5, 5.41) is 5.87. The molecule has 1 amide bonds. The lowest BCUT2D eigenvalue weighted by molar-refractivity contribution is -0.121. The van der Waals surface area contributed by atoms with Gasteiger partial charge in [-0.05, 0) is 24.3 Å². The molecule has 5 heteroatoms. The Kier molecular flexibility index (Phi) is 7.91. The van der Waals surface area contributed by atoms with Crippen LogP contribution in [0.3, 0.4) is 0 Å². The number of rotatable bonds is 10. The largest absolute Gasteiger partial charge is 0.497 e. The third-order valence-corrected chi connectivity index (χ3v) is 2.57. The molecule has 1 aromatic rings. The van der Waals surface area contributed by atoms with Crippen LogP contribution in [0.25, 0.3) is 0 Å². The molecule has 0 radical (unpaired) electrons. The molecule has 0 fully saturated rings. The van der Waals surface area contributed by atoms with E-state index >= 15 is 0 Å². The monoisotopic (exact) mass is 278 g/mol. The highest BCUT2D eigenvalue weighted by Gasteiger charge is 2.00. The first-order chi connectivity index (χ1) is 9.76. The summed E-state index contributed by atoms with van der Waals surface area (Å²) < 4.78 is 10.6. The number of carbonyl (C=O) groups is 1. The maximum Gasteiger partial charge on any atom is 0.221 e. The van der Waals surface area contributed by atoms with Crippen molar-refractivity contribution in [2.45, 2.75) is 6.42 Å². The first kappa shape index (κ1) is 16.0. The van der Waals surface area contributed by atoms with Gasteiger partial charge >= 0.3 is 0 Å². The van der Waals surface area contributed by atoms with E-state index in [1.54, 1.807) is 13.2 Å². The number of hydrogen-bond acceptors (Lipinski definition) is 4.